The van der Waals surface area contributed by atoms with Crippen LogP contribution in [-0.4, -0.2) is 36.4 Å². The molecular formula is C10H11ClO3S2. The van der Waals surface area contributed by atoms with Gasteiger partial charge in [-0.3, -0.25) is 0 Å². The van der Waals surface area contributed by atoms with Gasteiger partial charge in [0.2, 0.25) is 0 Å². The number of rotatable bonds is 2. The van der Waals surface area contributed by atoms with E-state index in [0.717, 1.165) is 4.90 Å². The summed E-state index contributed by atoms with van der Waals surface area (Å²) in [5.74, 6) is -0.0836. The van der Waals surface area contributed by atoms with Crippen molar-refractivity contribution in [1.29, 1.82) is 0 Å². The van der Waals surface area contributed by atoms with Gasteiger partial charge in [-0.2, -0.15) is 0 Å². The van der Waals surface area contributed by atoms with Crippen molar-refractivity contribution in [2.24, 2.45) is 0 Å². The standard InChI is InChI=1S/C10H11ClO3S2/c11-7-1-3-8(4-2-7)15-10-6-16(13,14)5-9(10)12/h1-4,9-10,12H,5-6H2. The molecule has 16 heavy (non-hydrogen) atoms. The van der Waals surface area contributed by atoms with Crippen LogP contribution in [-0.2, 0) is 9.84 Å². The predicted molar refractivity (Wildman–Crippen MR) is 65.8 cm³/mol. The summed E-state index contributed by atoms with van der Waals surface area (Å²) in [4.78, 5) is 0.922. The largest absolute Gasteiger partial charge is 0.391 e. The molecule has 1 aromatic carbocycles. The first-order valence-corrected chi connectivity index (χ1v) is 7.85. The lowest BCUT2D eigenvalue weighted by Crippen LogP contribution is -2.19. The third-order valence-electron chi connectivity index (χ3n) is 2.37. The van der Waals surface area contributed by atoms with E-state index in [9.17, 15) is 13.5 Å². The molecule has 1 aliphatic rings. The lowest BCUT2D eigenvalue weighted by molar-refractivity contribution is 0.207. The van der Waals surface area contributed by atoms with Crippen LogP contribution in [0.2, 0.25) is 5.02 Å². The molecule has 1 N–H and O–H groups in total. The maximum Gasteiger partial charge on any atom is 0.154 e. The van der Waals surface area contributed by atoms with E-state index in [-0.39, 0.29) is 16.8 Å². The average molecular weight is 279 g/mol. The minimum Gasteiger partial charge on any atom is -0.391 e. The number of benzene rings is 1. The van der Waals surface area contributed by atoms with Crippen molar-refractivity contribution in [3.05, 3.63) is 29.3 Å². The SMILES string of the molecule is O=S1(=O)CC(O)C(Sc2ccc(Cl)cc2)C1. The minimum atomic E-state index is -3.07. The Hall–Kier alpha value is -0.230. The van der Waals surface area contributed by atoms with E-state index in [1.165, 1.54) is 11.8 Å². The number of hydrogen-bond donors (Lipinski definition) is 1. The van der Waals surface area contributed by atoms with Crippen LogP contribution >= 0.6 is 23.4 Å². The molecule has 0 saturated carbocycles. The fourth-order valence-corrected chi connectivity index (χ4v) is 5.25. The van der Waals surface area contributed by atoms with E-state index in [2.05, 4.69) is 0 Å². The third-order valence-corrected chi connectivity index (χ3v) is 5.88. The number of sulfone groups is 1. The number of halogens is 1. The van der Waals surface area contributed by atoms with Crippen LogP contribution in [0.5, 0.6) is 0 Å². The number of hydrogen-bond acceptors (Lipinski definition) is 4. The maximum atomic E-state index is 11.3. The minimum absolute atomic E-state index is 0.0431. The van der Waals surface area contributed by atoms with Gasteiger partial charge < -0.3 is 5.11 Å². The molecule has 3 nitrogen and oxygen atoms in total. The van der Waals surface area contributed by atoms with Crippen LogP contribution in [0.3, 0.4) is 0 Å². The third kappa shape index (κ3) is 2.91. The Balaban J connectivity index is 2.08. The molecule has 2 atom stereocenters. The van der Waals surface area contributed by atoms with E-state index in [1.807, 2.05) is 12.1 Å². The van der Waals surface area contributed by atoms with E-state index < -0.39 is 15.9 Å². The summed E-state index contributed by atoms with van der Waals surface area (Å²) >= 11 is 7.13. The van der Waals surface area contributed by atoms with Gasteiger partial charge in [-0.05, 0) is 24.3 Å². The molecule has 6 heteroatoms. The smallest absolute Gasteiger partial charge is 0.154 e. The zero-order chi connectivity index (χ0) is 11.8. The first-order chi connectivity index (χ1) is 7.46. The van der Waals surface area contributed by atoms with E-state index in [1.54, 1.807) is 12.1 Å². The summed E-state index contributed by atoms with van der Waals surface area (Å²) < 4.78 is 22.6. The maximum absolute atomic E-state index is 11.3. The predicted octanol–water partition coefficient (Wildman–Crippen LogP) is 1.59. The summed E-state index contributed by atoms with van der Waals surface area (Å²) in [7, 11) is -3.07. The fourth-order valence-electron chi connectivity index (χ4n) is 1.60. The van der Waals surface area contributed by atoms with Gasteiger partial charge in [0.05, 0.1) is 22.9 Å². The second-order valence-corrected chi connectivity index (χ2v) is 7.66. The van der Waals surface area contributed by atoms with Crippen molar-refractivity contribution in [1.82, 2.24) is 0 Å². The second-order valence-electron chi connectivity index (χ2n) is 3.75. The fraction of sp³-hybridized carbons (Fsp3) is 0.400. The number of thioether (sulfide) groups is 1. The van der Waals surface area contributed by atoms with Crippen LogP contribution in [0.4, 0.5) is 0 Å². The Morgan fingerprint density at radius 3 is 2.38 bits per heavy atom. The van der Waals surface area contributed by atoms with Gasteiger partial charge in [0.15, 0.2) is 9.84 Å². The Morgan fingerprint density at radius 1 is 1.25 bits per heavy atom. The van der Waals surface area contributed by atoms with Crippen molar-refractivity contribution in [3.63, 3.8) is 0 Å². The molecule has 0 bridgehead atoms. The van der Waals surface area contributed by atoms with Crippen molar-refractivity contribution >= 4 is 33.2 Å². The summed E-state index contributed by atoms with van der Waals surface area (Å²) in [6.07, 6.45) is -0.773. The van der Waals surface area contributed by atoms with Crippen molar-refractivity contribution in [2.75, 3.05) is 11.5 Å². The highest BCUT2D eigenvalue weighted by Crippen LogP contribution is 2.31. The van der Waals surface area contributed by atoms with E-state index in [0.29, 0.717) is 5.02 Å². The Kier molecular flexibility index (Phi) is 3.49. The van der Waals surface area contributed by atoms with Gasteiger partial charge in [-0.1, -0.05) is 11.6 Å². The molecule has 88 valence electrons. The second kappa shape index (κ2) is 4.56. The molecule has 1 fully saturated rings. The number of aliphatic hydroxyl groups is 1. The summed E-state index contributed by atoms with van der Waals surface area (Å²) in [5, 5.41) is 9.98. The van der Waals surface area contributed by atoms with Crippen molar-refractivity contribution in [3.8, 4) is 0 Å². The number of aliphatic hydroxyl groups excluding tert-OH is 1. The molecule has 0 amide bonds. The summed E-state index contributed by atoms with van der Waals surface area (Å²) in [6.45, 7) is 0. The molecule has 0 radical (unpaired) electrons. The summed E-state index contributed by atoms with van der Waals surface area (Å²) in [5.41, 5.74) is 0. The molecule has 1 aliphatic heterocycles. The molecule has 1 saturated heterocycles. The van der Waals surface area contributed by atoms with Crippen LogP contribution in [0.25, 0.3) is 0 Å². The zero-order valence-corrected chi connectivity index (χ0v) is 10.7. The van der Waals surface area contributed by atoms with Gasteiger partial charge >= 0.3 is 0 Å². The highest BCUT2D eigenvalue weighted by molar-refractivity contribution is 8.02. The first kappa shape index (κ1) is 12.2. The van der Waals surface area contributed by atoms with Crippen molar-refractivity contribution in [2.45, 2.75) is 16.2 Å². The lowest BCUT2D eigenvalue weighted by atomic mass is 10.3. The molecule has 0 aliphatic carbocycles. The van der Waals surface area contributed by atoms with Crippen LogP contribution < -0.4 is 0 Å². The molecule has 0 aromatic heterocycles. The Labute approximate surface area is 104 Å². The van der Waals surface area contributed by atoms with Crippen LogP contribution in [0.1, 0.15) is 0 Å². The lowest BCUT2D eigenvalue weighted by Gasteiger charge is -2.11. The molecule has 2 unspecified atom stereocenters. The monoisotopic (exact) mass is 278 g/mol. The zero-order valence-electron chi connectivity index (χ0n) is 8.34. The molecule has 0 spiro atoms. The quantitative estimate of drug-likeness (QED) is 0.893. The molecule has 1 heterocycles. The molecule has 1 aromatic rings. The van der Waals surface area contributed by atoms with E-state index in [4.69, 9.17) is 11.6 Å². The van der Waals surface area contributed by atoms with Gasteiger partial charge in [0.1, 0.15) is 0 Å². The topological polar surface area (TPSA) is 54.4 Å². The van der Waals surface area contributed by atoms with Gasteiger partial charge in [-0.25, -0.2) is 8.42 Å². The van der Waals surface area contributed by atoms with Crippen LogP contribution in [0, 0.1) is 0 Å². The normalized spacial score (nSPS) is 28.1. The van der Waals surface area contributed by atoms with Crippen molar-refractivity contribution < 1.29 is 13.5 Å². The Morgan fingerprint density at radius 2 is 1.88 bits per heavy atom. The molecule has 2 rings (SSSR count). The Bertz CT molecular complexity index is 469. The van der Waals surface area contributed by atoms with Crippen LogP contribution in [0.15, 0.2) is 29.2 Å². The van der Waals surface area contributed by atoms with Gasteiger partial charge in [-0.15, -0.1) is 11.8 Å². The summed E-state index contributed by atoms with van der Waals surface area (Å²) in [6, 6.07) is 7.15. The highest BCUT2D eigenvalue weighted by atomic mass is 35.5. The van der Waals surface area contributed by atoms with Gasteiger partial charge in [0.25, 0.3) is 0 Å². The highest BCUT2D eigenvalue weighted by Gasteiger charge is 2.36. The molecular weight excluding hydrogens is 268 g/mol. The van der Waals surface area contributed by atoms with E-state index >= 15 is 0 Å². The first-order valence-electron chi connectivity index (χ1n) is 4.77. The average Bonchev–Trinajstić information content (AvgIpc) is 2.44. The van der Waals surface area contributed by atoms with Gasteiger partial charge in [0, 0.05) is 9.92 Å².